The van der Waals surface area contributed by atoms with E-state index >= 15 is 0 Å². The van der Waals surface area contributed by atoms with Crippen LogP contribution in [0.5, 0.6) is 5.88 Å². The predicted molar refractivity (Wildman–Crippen MR) is 50.1 cm³/mol. The first-order chi connectivity index (χ1) is 7.31. The molecule has 1 heterocycles. The van der Waals surface area contributed by atoms with E-state index in [1.54, 1.807) is 0 Å². The third-order valence-electron chi connectivity index (χ3n) is 1.52. The summed E-state index contributed by atoms with van der Waals surface area (Å²) in [5.41, 5.74) is 5.45. The monoisotopic (exact) mass is 258 g/mol. The van der Waals surface area contributed by atoms with Crippen molar-refractivity contribution in [2.24, 2.45) is 0 Å². The van der Waals surface area contributed by atoms with Gasteiger partial charge in [0.15, 0.2) is 6.61 Å². The molecule has 0 saturated heterocycles. The Hall–Kier alpha value is -1.24. The lowest BCUT2D eigenvalue weighted by molar-refractivity contribution is -0.148. The summed E-state index contributed by atoms with van der Waals surface area (Å²) in [6.45, 7) is -1.49. The largest absolute Gasteiger partial charge is 0.471 e. The van der Waals surface area contributed by atoms with E-state index in [2.05, 4.69) is 9.72 Å². The Morgan fingerprint density at radius 2 is 2.06 bits per heavy atom. The topological polar surface area (TPSA) is 48.1 Å². The van der Waals surface area contributed by atoms with Crippen molar-refractivity contribution in [3.8, 4) is 5.88 Å². The van der Waals surface area contributed by atoms with E-state index < -0.39 is 19.0 Å². The number of hydrogen-bond donors (Lipinski definition) is 1. The first-order valence-electron chi connectivity index (χ1n) is 4.03. The first-order valence-corrected chi connectivity index (χ1v) is 4.41. The molecule has 0 bridgehead atoms. The maximum atomic E-state index is 12.5. The zero-order valence-corrected chi connectivity index (χ0v) is 8.52. The Balaban J connectivity index is 2.68. The van der Waals surface area contributed by atoms with Crippen LogP contribution in [0.4, 0.5) is 23.2 Å². The average Bonchev–Trinajstić information content (AvgIpc) is 2.13. The molecule has 0 atom stereocenters. The van der Waals surface area contributed by atoms with Gasteiger partial charge in [-0.3, -0.25) is 0 Å². The minimum absolute atomic E-state index is 0.0737. The SMILES string of the molecule is Nc1cc(Cl)nc(OCC(F)(F)C(F)F)c1. The molecule has 8 heteroatoms. The Bertz CT molecular complexity index is 355. The van der Waals surface area contributed by atoms with Gasteiger partial charge in [-0.05, 0) is 6.07 Å². The summed E-state index contributed by atoms with van der Waals surface area (Å²) < 4.78 is 52.9. The second-order valence-corrected chi connectivity index (χ2v) is 3.30. The molecular weight excluding hydrogens is 252 g/mol. The molecule has 1 rings (SSSR count). The van der Waals surface area contributed by atoms with E-state index in [1.165, 1.54) is 6.07 Å². The van der Waals surface area contributed by atoms with Crippen molar-refractivity contribution in [3.05, 3.63) is 17.3 Å². The van der Waals surface area contributed by atoms with E-state index in [0.717, 1.165) is 6.07 Å². The minimum atomic E-state index is -4.24. The molecule has 1 aromatic rings. The van der Waals surface area contributed by atoms with E-state index in [1.807, 2.05) is 0 Å². The number of anilines is 1. The van der Waals surface area contributed by atoms with Gasteiger partial charge in [0.2, 0.25) is 5.88 Å². The molecule has 0 aliphatic heterocycles. The van der Waals surface area contributed by atoms with Crippen LogP contribution in [0.2, 0.25) is 5.15 Å². The fraction of sp³-hybridized carbons (Fsp3) is 0.375. The molecule has 0 fully saturated rings. The van der Waals surface area contributed by atoms with Crippen LogP contribution in [0.1, 0.15) is 0 Å². The summed E-state index contributed by atoms with van der Waals surface area (Å²) in [5.74, 6) is -4.57. The van der Waals surface area contributed by atoms with Gasteiger partial charge in [0, 0.05) is 11.8 Å². The summed E-state index contributed by atoms with van der Waals surface area (Å²) in [6.07, 6.45) is -3.80. The summed E-state index contributed by atoms with van der Waals surface area (Å²) in [6, 6.07) is 2.37. The van der Waals surface area contributed by atoms with Crippen molar-refractivity contribution in [1.82, 2.24) is 4.98 Å². The van der Waals surface area contributed by atoms with Crippen LogP contribution < -0.4 is 10.5 Å². The number of nitrogens with zero attached hydrogens (tertiary/aromatic N) is 1. The third kappa shape index (κ3) is 3.41. The van der Waals surface area contributed by atoms with Gasteiger partial charge in [-0.15, -0.1) is 0 Å². The Morgan fingerprint density at radius 3 is 2.56 bits per heavy atom. The number of hydrogen-bond acceptors (Lipinski definition) is 3. The van der Waals surface area contributed by atoms with Crippen LogP contribution in [0.25, 0.3) is 0 Å². The summed E-state index contributed by atoms with van der Waals surface area (Å²) in [4.78, 5) is 3.48. The van der Waals surface area contributed by atoms with Crippen LogP contribution in [-0.4, -0.2) is 23.9 Å². The molecule has 16 heavy (non-hydrogen) atoms. The Kier molecular flexibility index (Phi) is 3.79. The maximum Gasteiger partial charge on any atom is 0.340 e. The highest BCUT2D eigenvalue weighted by atomic mass is 35.5. The molecule has 0 aliphatic rings. The number of aromatic nitrogens is 1. The molecule has 0 radical (unpaired) electrons. The standard InChI is InChI=1S/C8H7ClF4N2O/c9-5-1-4(14)2-6(15-5)16-3-8(12,13)7(10)11/h1-2,7H,3H2,(H2,14,15). The van der Waals surface area contributed by atoms with Gasteiger partial charge >= 0.3 is 12.3 Å². The van der Waals surface area contributed by atoms with Crippen LogP contribution in [0, 0.1) is 0 Å². The fourth-order valence-electron chi connectivity index (χ4n) is 0.799. The lowest BCUT2D eigenvalue weighted by atomic mass is 10.4. The molecule has 0 aromatic carbocycles. The van der Waals surface area contributed by atoms with Gasteiger partial charge in [-0.1, -0.05) is 11.6 Å². The quantitative estimate of drug-likeness (QED) is 0.667. The number of nitrogen functional groups attached to an aromatic ring is 1. The van der Waals surface area contributed by atoms with Crippen molar-refractivity contribution >= 4 is 17.3 Å². The predicted octanol–water partition coefficient (Wildman–Crippen LogP) is 2.60. The van der Waals surface area contributed by atoms with E-state index in [0.29, 0.717) is 0 Å². The highest BCUT2D eigenvalue weighted by Crippen LogP contribution is 2.25. The van der Waals surface area contributed by atoms with Gasteiger partial charge in [0.25, 0.3) is 0 Å². The summed E-state index contributed by atoms with van der Waals surface area (Å²) >= 11 is 5.46. The van der Waals surface area contributed by atoms with Gasteiger partial charge in [0.05, 0.1) is 0 Å². The van der Waals surface area contributed by atoms with Crippen LogP contribution >= 0.6 is 11.6 Å². The molecule has 0 unspecified atom stereocenters. The van der Waals surface area contributed by atoms with Crippen molar-refractivity contribution in [2.75, 3.05) is 12.3 Å². The summed E-state index contributed by atoms with van der Waals surface area (Å²) in [7, 11) is 0. The molecule has 0 amide bonds. The van der Waals surface area contributed by atoms with Crippen molar-refractivity contribution < 1.29 is 22.3 Å². The lowest BCUT2D eigenvalue weighted by Gasteiger charge is -2.15. The highest BCUT2D eigenvalue weighted by molar-refractivity contribution is 6.29. The van der Waals surface area contributed by atoms with Gasteiger partial charge in [-0.2, -0.15) is 8.78 Å². The number of ether oxygens (including phenoxy) is 1. The number of pyridine rings is 1. The van der Waals surface area contributed by atoms with Crippen LogP contribution in [-0.2, 0) is 0 Å². The van der Waals surface area contributed by atoms with Crippen LogP contribution in [0.15, 0.2) is 12.1 Å². The Morgan fingerprint density at radius 1 is 1.44 bits per heavy atom. The third-order valence-corrected chi connectivity index (χ3v) is 1.72. The average molecular weight is 259 g/mol. The van der Waals surface area contributed by atoms with E-state index in [-0.39, 0.29) is 16.7 Å². The second-order valence-electron chi connectivity index (χ2n) is 2.91. The van der Waals surface area contributed by atoms with Crippen molar-refractivity contribution in [2.45, 2.75) is 12.3 Å². The van der Waals surface area contributed by atoms with Gasteiger partial charge < -0.3 is 10.5 Å². The van der Waals surface area contributed by atoms with Gasteiger partial charge in [-0.25, -0.2) is 13.8 Å². The first kappa shape index (κ1) is 12.8. The molecular formula is C8H7ClF4N2O. The molecule has 2 N–H and O–H groups in total. The zero-order valence-electron chi connectivity index (χ0n) is 7.76. The minimum Gasteiger partial charge on any atom is -0.471 e. The number of rotatable bonds is 4. The number of nitrogens with two attached hydrogens (primary N) is 1. The number of halogens is 5. The normalized spacial score (nSPS) is 11.9. The van der Waals surface area contributed by atoms with Crippen molar-refractivity contribution in [1.29, 1.82) is 0 Å². The summed E-state index contributed by atoms with van der Waals surface area (Å²) in [5, 5.41) is -0.0737. The van der Waals surface area contributed by atoms with Gasteiger partial charge in [0.1, 0.15) is 5.15 Å². The van der Waals surface area contributed by atoms with E-state index in [9.17, 15) is 17.6 Å². The van der Waals surface area contributed by atoms with E-state index in [4.69, 9.17) is 17.3 Å². The maximum absolute atomic E-state index is 12.5. The van der Waals surface area contributed by atoms with Crippen LogP contribution in [0.3, 0.4) is 0 Å². The molecule has 90 valence electrons. The zero-order chi connectivity index (χ0) is 12.3. The highest BCUT2D eigenvalue weighted by Gasteiger charge is 2.41. The molecule has 1 aromatic heterocycles. The smallest absolute Gasteiger partial charge is 0.340 e. The number of alkyl halides is 4. The molecule has 0 spiro atoms. The molecule has 0 aliphatic carbocycles. The fourth-order valence-corrected chi connectivity index (χ4v) is 1.01. The lowest BCUT2D eigenvalue weighted by Crippen LogP contribution is -2.33. The Labute approximate surface area is 93.2 Å². The molecule has 3 nitrogen and oxygen atoms in total. The van der Waals surface area contributed by atoms with Crippen molar-refractivity contribution in [3.63, 3.8) is 0 Å². The molecule has 0 saturated carbocycles. The second kappa shape index (κ2) is 4.73.